The number of benzene rings is 4. The number of hydrogen-bond acceptors (Lipinski definition) is 10. The largest absolute Gasteiger partial charge is 0.295 e. The monoisotopic (exact) mass is 1530 g/mol. The molecule has 12 rings (SSSR count). The molecule has 0 radical (unpaired) electrons. The maximum Gasteiger partial charge on any atom is 0.0876 e. The van der Waals surface area contributed by atoms with Gasteiger partial charge >= 0.3 is 95.8 Å². The molecule has 0 fully saturated rings. The second-order valence-corrected chi connectivity index (χ2v) is 17.9. The molecule has 4 aromatic carbocycles. The standard InChI is InChI=1S/4C16H11N2.CHF3O3S.BrH.FH.HI.4Ni/c4*1-2-7-13(8-3-1)14-10-6-11-16(18-14)15-9-4-5-12-17-15;2-1(3,4)8(5,6)7;;;;;;;/h4*1-7,9-12H;(H,5,6,7);3*1H;;;;/q4*-1;;;;;;3*+1/p-3. The van der Waals surface area contributed by atoms with Crippen molar-refractivity contribution in [1.29, 1.82) is 0 Å². The van der Waals surface area contributed by atoms with Crippen molar-refractivity contribution < 1.29 is 88.1 Å². The summed E-state index contributed by atoms with van der Waals surface area (Å²) in [6.07, 6.45) is 7.10. The van der Waals surface area contributed by atoms with Gasteiger partial charge in [0.15, 0.2) is 0 Å². The average molecular weight is 1540 g/mol. The van der Waals surface area contributed by atoms with E-state index in [4.69, 9.17) is 16.6 Å². The van der Waals surface area contributed by atoms with Gasteiger partial charge in [0.25, 0.3) is 0 Å². The minimum absolute atomic E-state index is 0. The molecule has 0 amide bonds. The van der Waals surface area contributed by atoms with Crippen molar-refractivity contribution in [2.75, 3.05) is 0 Å². The second kappa shape index (κ2) is 40.4. The van der Waals surface area contributed by atoms with Crippen LogP contribution in [0.25, 0.3) is 90.6 Å². The van der Waals surface area contributed by atoms with E-state index in [1.165, 1.54) is 0 Å². The first kappa shape index (κ1) is 72.4. The summed E-state index contributed by atoms with van der Waals surface area (Å²) in [5, 5.41) is 0. The Morgan fingerprint density at radius 3 is 0.690 bits per heavy atom. The van der Waals surface area contributed by atoms with Crippen LogP contribution in [-0.2, 0) is 68.5 Å². The van der Waals surface area contributed by atoms with Crippen molar-refractivity contribution in [3.05, 3.63) is 292 Å². The van der Waals surface area contributed by atoms with E-state index in [0.717, 1.165) is 90.6 Å². The van der Waals surface area contributed by atoms with E-state index in [2.05, 4.69) is 120 Å². The molecule has 0 aliphatic heterocycles. The van der Waals surface area contributed by atoms with E-state index in [1.54, 1.807) is 45.3 Å². The summed E-state index contributed by atoms with van der Waals surface area (Å²) in [7, 11) is -5.84. The molecule has 0 unspecified atom stereocenters. The first-order valence-corrected chi connectivity index (χ1v) is 32.2. The Bertz CT molecular complexity index is 3240. The molecule has 11 nitrogen and oxygen atoms in total. The van der Waals surface area contributed by atoms with Gasteiger partial charge in [-0.25, -0.2) is 0 Å². The Morgan fingerprint density at radius 1 is 0.345 bits per heavy atom. The van der Waals surface area contributed by atoms with Crippen LogP contribution in [-0.4, -0.2) is 58.4 Å². The molecule has 455 valence electrons. The molecule has 8 heterocycles. The summed E-state index contributed by atoms with van der Waals surface area (Å²) in [6, 6.07) is 91.1. The van der Waals surface area contributed by atoms with Gasteiger partial charge in [0.1, 0.15) is 0 Å². The summed E-state index contributed by atoms with van der Waals surface area (Å²) in [5.74, 6) is 0. The van der Waals surface area contributed by atoms with Gasteiger partial charge in [-0.3, -0.25) is 44.4 Å². The molecule has 8 aromatic heterocycles. The number of hydrogen-bond donors (Lipinski definition) is 1. The minimum atomic E-state index is -5.84. The van der Waals surface area contributed by atoms with Crippen LogP contribution in [0.3, 0.4) is 0 Å². The number of nitrogens with zero attached hydrogens (tertiary/aromatic N) is 8. The Balaban J connectivity index is 0.000000231. The normalized spacial score (nSPS) is 9.99. The number of rotatable bonds is 8. The smallest absolute Gasteiger partial charge is 0.0876 e. The molecule has 0 spiro atoms. The first-order chi connectivity index (χ1) is 42.0. The van der Waals surface area contributed by atoms with Crippen molar-refractivity contribution >= 4 is 44.8 Å². The average Bonchev–Trinajstić information content (AvgIpc) is 3.74. The second-order valence-electron chi connectivity index (χ2n) is 16.5. The molecule has 22 heteroatoms. The fraction of sp³-hybridized carbons (Fsp3) is 0.0154. The zero-order chi connectivity index (χ0) is 61.8. The Hall–Kier alpha value is -7.11. The van der Waals surface area contributed by atoms with Gasteiger partial charge in [0.05, 0.1) is 45.6 Å². The molecule has 0 aliphatic carbocycles. The van der Waals surface area contributed by atoms with Crippen LogP contribution >= 0.6 is 34.7 Å². The Kier molecular flexibility index (Phi) is 33.6. The van der Waals surface area contributed by atoms with E-state index < -0.39 is 15.6 Å². The van der Waals surface area contributed by atoms with Crippen LogP contribution in [0, 0.1) is 24.3 Å². The van der Waals surface area contributed by atoms with Gasteiger partial charge in [-0.15, -0.1) is 144 Å². The van der Waals surface area contributed by atoms with E-state index in [1.807, 2.05) is 243 Å². The van der Waals surface area contributed by atoms with E-state index >= 15 is 0 Å². The SMILES string of the molecule is O=S(=O)(O)C(F)(F)F.[F][Ni].[Ni].[Ni][Br].[Ni][I].[c-]1ccccc1-c1cccc(-c2ccccn2)n1.[c-]1ccccc1-c1cccc(-c2ccccn2)n1.[c-]1ccccc1-c1cccc(-c2ccccn2)n1.[c-]1ccccc1-c1cccc(-c2ccccn2)n1. The molecule has 0 saturated carbocycles. The molecular weight excluding hydrogens is 1490 g/mol. The van der Waals surface area contributed by atoms with Crippen LogP contribution in [0.15, 0.2) is 267 Å². The number of alkyl halides is 3. The van der Waals surface area contributed by atoms with Crippen molar-refractivity contribution in [3.8, 4) is 90.6 Å². The zero-order valence-electron chi connectivity index (χ0n) is 44.7. The molecular formula is C65H45BrF4IN8Ni4O3S-4. The molecule has 1 N–H and O–H groups in total. The molecule has 12 aromatic rings. The van der Waals surface area contributed by atoms with Crippen LogP contribution in [0.5, 0.6) is 0 Å². The summed E-state index contributed by atoms with van der Waals surface area (Å²) >= 11 is 14.2. The first-order valence-electron chi connectivity index (χ1n) is 24.8. The fourth-order valence-electron chi connectivity index (χ4n) is 7.18. The summed E-state index contributed by atoms with van der Waals surface area (Å²) in [5.41, 5.74) is 9.17. The number of pyridine rings is 8. The molecule has 0 atom stereocenters. The summed E-state index contributed by atoms with van der Waals surface area (Å²) in [4.78, 5) is 35.7. The van der Waals surface area contributed by atoms with Crippen molar-refractivity contribution in [2.45, 2.75) is 5.51 Å². The van der Waals surface area contributed by atoms with Gasteiger partial charge in [-0.05, 0) is 95.6 Å². The van der Waals surface area contributed by atoms with E-state index in [-0.39, 0.29) is 16.5 Å². The zero-order valence-corrected chi connectivity index (χ0v) is 53.2. The third-order valence-electron chi connectivity index (χ3n) is 10.9. The van der Waals surface area contributed by atoms with Crippen LogP contribution in [0.1, 0.15) is 0 Å². The Morgan fingerprint density at radius 2 is 0.529 bits per heavy atom. The van der Waals surface area contributed by atoms with E-state index in [9.17, 15) is 13.2 Å². The third kappa shape index (κ3) is 24.5. The van der Waals surface area contributed by atoms with Crippen molar-refractivity contribution in [2.24, 2.45) is 0 Å². The van der Waals surface area contributed by atoms with Crippen molar-refractivity contribution in [3.63, 3.8) is 0 Å². The minimum Gasteiger partial charge on any atom is -0.295 e. The predicted molar refractivity (Wildman–Crippen MR) is 329 cm³/mol. The topological polar surface area (TPSA) is 157 Å². The van der Waals surface area contributed by atoms with Crippen molar-refractivity contribution in [1.82, 2.24) is 39.9 Å². The fourth-order valence-corrected chi connectivity index (χ4v) is 7.18. The maximum atomic E-state index is 10.7. The number of aromatic nitrogens is 8. The third-order valence-corrected chi connectivity index (χ3v) is 11.5. The van der Waals surface area contributed by atoms with Gasteiger partial charge in [0.2, 0.25) is 0 Å². The summed E-state index contributed by atoms with van der Waals surface area (Å²) in [6.45, 7) is 0. The number of halogens is 6. The van der Waals surface area contributed by atoms with Gasteiger partial charge in [-0.2, -0.15) is 21.6 Å². The molecule has 87 heavy (non-hydrogen) atoms. The van der Waals surface area contributed by atoms with Gasteiger partial charge < -0.3 is 0 Å². The molecule has 0 aliphatic rings. The molecule has 0 bridgehead atoms. The van der Waals surface area contributed by atoms with Crippen LogP contribution in [0.4, 0.5) is 16.8 Å². The predicted octanol–water partition coefficient (Wildman–Crippen LogP) is 17.0. The van der Waals surface area contributed by atoms with Crippen LogP contribution in [0.2, 0.25) is 0 Å². The molecule has 0 saturated heterocycles. The Labute approximate surface area is 555 Å². The maximum absolute atomic E-state index is 10.7. The quantitative estimate of drug-likeness (QED) is 0.0386. The summed E-state index contributed by atoms with van der Waals surface area (Å²) < 4.78 is 66.7. The van der Waals surface area contributed by atoms with E-state index in [0.29, 0.717) is 0 Å². The van der Waals surface area contributed by atoms with Crippen LogP contribution < -0.4 is 0 Å². The van der Waals surface area contributed by atoms with Gasteiger partial charge in [0, 0.05) is 41.3 Å². The van der Waals surface area contributed by atoms with Gasteiger partial charge in [-0.1, -0.05) is 72.8 Å².